The van der Waals surface area contributed by atoms with E-state index in [9.17, 15) is 4.39 Å². The molecule has 2 aromatic rings. The van der Waals surface area contributed by atoms with Gasteiger partial charge in [0.25, 0.3) is 0 Å². The molecule has 2 rings (SSSR count). The van der Waals surface area contributed by atoms with Crippen molar-refractivity contribution in [1.29, 1.82) is 0 Å². The number of aromatic nitrogens is 1. The fourth-order valence-electron chi connectivity index (χ4n) is 1.54. The lowest BCUT2D eigenvalue weighted by Crippen LogP contribution is -1.93. The lowest BCUT2D eigenvalue weighted by Gasteiger charge is -2.08. The Bertz CT molecular complexity index is 525. The highest BCUT2D eigenvalue weighted by Gasteiger charge is 2.17. The van der Waals surface area contributed by atoms with Gasteiger partial charge in [0.2, 0.25) is 0 Å². The van der Waals surface area contributed by atoms with Gasteiger partial charge in [0.1, 0.15) is 5.82 Å². The first-order valence-corrected chi connectivity index (χ1v) is 5.47. The van der Waals surface area contributed by atoms with E-state index < -0.39 is 0 Å². The summed E-state index contributed by atoms with van der Waals surface area (Å²) in [5.41, 5.74) is 7.64. The van der Waals surface area contributed by atoms with Crippen LogP contribution in [0.15, 0.2) is 21.1 Å². The van der Waals surface area contributed by atoms with Gasteiger partial charge in [-0.05, 0) is 47.0 Å². The first-order valence-electron chi connectivity index (χ1n) is 4.68. The Hall–Kier alpha value is -1.36. The van der Waals surface area contributed by atoms with Gasteiger partial charge >= 0.3 is 0 Å². The summed E-state index contributed by atoms with van der Waals surface area (Å²) in [6.45, 7) is 3.74. The van der Waals surface area contributed by atoms with Gasteiger partial charge in [-0.1, -0.05) is 5.16 Å². The van der Waals surface area contributed by atoms with Crippen LogP contribution in [0.25, 0.3) is 11.3 Å². The molecule has 0 saturated heterocycles. The van der Waals surface area contributed by atoms with Crippen molar-refractivity contribution in [3.05, 3.63) is 33.5 Å². The topological polar surface area (TPSA) is 52.0 Å². The zero-order chi connectivity index (χ0) is 11.9. The minimum Gasteiger partial charge on any atom is -0.381 e. The SMILES string of the molecule is Cc1cc(Br)c(F)c(-c2cc(N)no2)c1C. The average Bonchev–Trinajstić information content (AvgIpc) is 2.62. The average molecular weight is 285 g/mol. The van der Waals surface area contributed by atoms with Crippen LogP contribution in [0.4, 0.5) is 10.2 Å². The highest BCUT2D eigenvalue weighted by molar-refractivity contribution is 9.10. The molecule has 1 aromatic heterocycles. The third-order valence-electron chi connectivity index (χ3n) is 2.51. The van der Waals surface area contributed by atoms with Crippen LogP contribution in [-0.4, -0.2) is 5.16 Å². The van der Waals surface area contributed by atoms with E-state index in [-0.39, 0.29) is 11.6 Å². The van der Waals surface area contributed by atoms with Crippen LogP contribution in [0.5, 0.6) is 0 Å². The second-order valence-electron chi connectivity index (χ2n) is 3.61. The van der Waals surface area contributed by atoms with E-state index in [1.165, 1.54) is 6.07 Å². The molecule has 0 atom stereocenters. The third-order valence-corrected chi connectivity index (χ3v) is 3.09. The molecule has 0 aliphatic rings. The number of nitrogens with zero attached hydrogens (tertiary/aromatic N) is 1. The predicted octanol–water partition coefficient (Wildman–Crippen LogP) is 3.44. The van der Waals surface area contributed by atoms with E-state index in [4.69, 9.17) is 10.3 Å². The Labute approximate surface area is 101 Å². The zero-order valence-electron chi connectivity index (χ0n) is 8.84. The fourth-order valence-corrected chi connectivity index (χ4v) is 2.08. The minimum atomic E-state index is -0.362. The number of rotatable bonds is 1. The number of aryl methyl sites for hydroxylation is 1. The van der Waals surface area contributed by atoms with E-state index in [0.29, 0.717) is 15.8 Å². The number of nitrogens with two attached hydrogens (primary N) is 1. The Kier molecular flexibility index (Phi) is 2.71. The van der Waals surface area contributed by atoms with Crippen LogP contribution in [0.2, 0.25) is 0 Å². The van der Waals surface area contributed by atoms with Gasteiger partial charge in [-0.3, -0.25) is 0 Å². The summed E-state index contributed by atoms with van der Waals surface area (Å²) in [7, 11) is 0. The van der Waals surface area contributed by atoms with E-state index in [0.717, 1.165) is 11.1 Å². The molecule has 0 aliphatic heterocycles. The molecular weight excluding hydrogens is 275 g/mol. The molecular formula is C11H10BrFN2O. The zero-order valence-corrected chi connectivity index (χ0v) is 10.4. The Balaban J connectivity index is 2.73. The van der Waals surface area contributed by atoms with Gasteiger partial charge in [-0.2, -0.15) is 0 Å². The van der Waals surface area contributed by atoms with Crippen molar-refractivity contribution in [2.24, 2.45) is 0 Å². The van der Waals surface area contributed by atoms with E-state index in [1.807, 2.05) is 13.8 Å². The van der Waals surface area contributed by atoms with E-state index in [1.54, 1.807) is 6.07 Å². The smallest absolute Gasteiger partial charge is 0.172 e. The maximum absolute atomic E-state index is 14.0. The number of hydrogen-bond acceptors (Lipinski definition) is 3. The summed E-state index contributed by atoms with van der Waals surface area (Å²) >= 11 is 3.17. The van der Waals surface area contributed by atoms with Crippen LogP contribution < -0.4 is 5.73 Å². The van der Waals surface area contributed by atoms with Crippen LogP contribution in [-0.2, 0) is 0 Å². The molecule has 84 valence electrons. The summed E-state index contributed by atoms with van der Waals surface area (Å²) in [5.74, 6) is 0.225. The minimum absolute atomic E-state index is 0.242. The van der Waals surface area contributed by atoms with Crippen LogP contribution >= 0.6 is 15.9 Å². The molecule has 5 heteroatoms. The molecule has 0 saturated carbocycles. The molecule has 0 fully saturated rings. The van der Waals surface area contributed by atoms with Gasteiger partial charge in [-0.15, -0.1) is 0 Å². The van der Waals surface area contributed by atoms with Gasteiger partial charge in [0.15, 0.2) is 11.6 Å². The Morgan fingerprint density at radius 2 is 2.06 bits per heavy atom. The number of hydrogen-bond donors (Lipinski definition) is 1. The van der Waals surface area contributed by atoms with Gasteiger partial charge in [0.05, 0.1) is 10.0 Å². The number of halogens is 2. The van der Waals surface area contributed by atoms with E-state index >= 15 is 0 Å². The normalized spacial score (nSPS) is 10.8. The molecule has 0 amide bonds. The third kappa shape index (κ3) is 1.71. The lowest BCUT2D eigenvalue weighted by molar-refractivity contribution is 0.433. The van der Waals surface area contributed by atoms with Crippen LogP contribution in [0.1, 0.15) is 11.1 Å². The Morgan fingerprint density at radius 1 is 1.38 bits per heavy atom. The first-order chi connectivity index (χ1) is 7.50. The Morgan fingerprint density at radius 3 is 2.62 bits per heavy atom. The summed E-state index contributed by atoms with van der Waals surface area (Å²) in [5, 5.41) is 3.56. The van der Waals surface area contributed by atoms with Crippen molar-refractivity contribution in [2.45, 2.75) is 13.8 Å². The van der Waals surface area contributed by atoms with Crippen molar-refractivity contribution in [3.63, 3.8) is 0 Å². The van der Waals surface area contributed by atoms with Crippen LogP contribution in [0.3, 0.4) is 0 Å². The van der Waals surface area contributed by atoms with Gasteiger partial charge < -0.3 is 10.3 Å². The molecule has 0 unspecified atom stereocenters. The van der Waals surface area contributed by atoms with Crippen molar-refractivity contribution in [2.75, 3.05) is 5.73 Å². The largest absolute Gasteiger partial charge is 0.381 e. The van der Waals surface area contributed by atoms with Gasteiger partial charge in [0, 0.05) is 6.07 Å². The first kappa shape index (κ1) is 11.1. The summed E-state index contributed by atoms with van der Waals surface area (Å²) in [6.07, 6.45) is 0. The molecule has 1 aromatic carbocycles. The second-order valence-corrected chi connectivity index (χ2v) is 4.46. The summed E-state index contributed by atoms with van der Waals surface area (Å²) in [6, 6.07) is 3.24. The predicted molar refractivity (Wildman–Crippen MR) is 63.5 cm³/mol. The number of nitrogen functional groups attached to an aromatic ring is 1. The lowest BCUT2D eigenvalue weighted by atomic mass is 10.0. The van der Waals surface area contributed by atoms with Crippen molar-refractivity contribution >= 4 is 21.7 Å². The molecule has 3 nitrogen and oxygen atoms in total. The molecule has 2 N–H and O–H groups in total. The highest BCUT2D eigenvalue weighted by atomic mass is 79.9. The quantitative estimate of drug-likeness (QED) is 0.873. The van der Waals surface area contributed by atoms with Crippen molar-refractivity contribution in [1.82, 2.24) is 5.16 Å². The maximum Gasteiger partial charge on any atom is 0.172 e. The molecule has 1 heterocycles. The molecule has 0 aliphatic carbocycles. The van der Waals surface area contributed by atoms with Crippen LogP contribution in [0, 0.1) is 19.7 Å². The monoisotopic (exact) mass is 284 g/mol. The highest BCUT2D eigenvalue weighted by Crippen LogP contribution is 2.33. The van der Waals surface area contributed by atoms with Gasteiger partial charge in [-0.25, -0.2) is 4.39 Å². The van der Waals surface area contributed by atoms with Crippen molar-refractivity contribution < 1.29 is 8.91 Å². The number of benzene rings is 1. The fraction of sp³-hybridized carbons (Fsp3) is 0.182. The molecule has 0 radical (unpaired) electrons. The molecule has 0 spiro atoms. The van der Waals surface area contributed by atoms with Crippen molar-refractivity contribution in [3.8, 4) is 11.3 Å². The maximum atomic E-state index is 14.0. The molecule has 0 bridgehead atoms. The summed E-state index contributed by atoms with van der Waals surface area (Å²) in [4.78, 5) is 0. The van der Waals surface area contributed by atoms with E-state index in [2.05, 4.69) is 21.1 Å². The second kappa shape index (κ2) is 3.90. The molecule has 16 heavy (non-hydrogen) atoms. The summed E-state index contributed by atoms with van der Waals surface area (Å²) < 4.78 is 19.4. The number of anilines is 1. The standard InChI is InChI=1S/C11H10BrFN2O/c1-5-3-7(12)11(13)10(6(5)2)8-4-9(14)15-16-8/h3-4H,1-2H3,(H2,14,15).